The van der Waals surface area contributed by atoms with Crippen LogP contribution >= 0.6 is 11.6 Å². The van der Waals surface area contributed by atoms with E-state index in [1.807, 2.05) is 4.98 Å². The molecular formula is C8H6ClF2NO3. The first-order valence-electron chi connectivity index (χ1n) is 3.76. The van der Waals surface area contributed by atoms with Crippen LogP contribution < -0.4 is 5.43 Å². The Hall–Kier alpha value is -1.43. The van der Waals surface area contributed by atoms with E-state index in [2.05, 4.69) is 4.74 Å². The molecule has 0 unspecified atom stereocenters. The number of rotatable bonds is 2. The van der Waals surface area contributed by atoms with Crippen LogP contribution in [0.2, 0.25) is 5.15 Å². The number of esters is 1. The van der Waals surface area contributed by atoms with Crippen molar-refractivity contribution in [2.45, 2.75) is 6.43 Å². The third-order valence-electron chi connectivity index (χ3n) is 1.63. The molecule has 0 aromatic carbocycles. The summed E-state index contributed by atoms with van der Waals surface area (Å²) in [4.78, 5) is 24.3. The molecule has 0 radical (unpaired) electrons. The number of hydrogen-bond donors (Lipinski definition) is 1. The van der Waals surface area contributed by atoms with Crippen molar-refractivity contribution < 1.29 is 18.3 Å². The first kappa shape index (κ1) is 11.6. The summed E-state index contributed by atoms with van der Waals surface area (Å²) in [5.41, 5.74) is -2.03. The molecule has 15 heavy (non-hydrogen) atoms. The maximum atomic E-state index is 12.2. The van der Waals surface area contributed by atoms with E-state index in [-0.39, 0.29) is 0 Å². The van der Waals surface area contributed by atoms with Crippen LogP contribution in [0.4, 0.5) is 8.78 Å². The molecule has 0 atom stereocenters. The highest BCUT2D eigenvalue weighted by Crippen LogP contribution is 2.18. The Bertz CT molecular complexity index is 444. The molecule has 82 valence electrons. The molecule has 0 amide bonds. The number of pyridine rings is 1. The van der Waals surface area contributed by atoms with E-state index in [9.17, 15) is 18.4 Å². The van der Waals surface area contributed by atoms with Gasteiger partial charge in [0.05, 0.1) is 12.8 Å². The molecule has 0 saturated carbocycles. The predicted octanol–water partition coefficient (Wildman–Crippen LogP) is 1.75. The van der Waals surface area contributed by atoms with Crippen LogP contribution in [-0.4, -0.2) is 18.1 Å². The van der Waals surface area contributed by atoms with Crippen LogP contribution in [0.3, 0.4) is 0 Å². The lowest BCUT2D eigenvalue weighted by Gasteiger charge is -2.04. The van der Waals surface area contributed by atoms with Crippen LogP contribution in [0.15, 0.2) is 10.9 Å². The minimum Gasteiger partial charge on any atom is -0.465 e. The molecule has 7 heteroatoms. The summed E-state index contributed by atoms with van der Waals surface area (Å²) in [6.45, 7) is 0. The van der Waals surface area contributed by atoms with Gasteiger partial charge in [-0.3, -0.25) is 4.79 Å². The number of methoxy groups -OCH3 is 1. The van der Waals surface area contributed by atoms with Gasteiger partial charge in [-0.25, -0.2) is 13.6 Å². The van der Waals surface area contributed by atoms with Gasteiger partial charge in [-0.1, -0.05) is 11.6 Å². The molecule has 0 aliphatic heterocycles. The molecule has 0 fully saturated rings. The van der Waals surface area contributed by atoms with Crippen molar-refractivity contribution in [3.8, 4) is 0 Å². The average Bonchev–Trinajstić information content (AvgIpc) is 2.16. The van der Waals surface area contributed by atoms with Crippen molar-refractivity contribution in [1.82, 2.24) is 4.98 Å². The highest BCUT2D eigenvalue weighted by atomic mass is 35.5. The summed E-state index contributed by atoms with van der Waals surface area (Å²) >= 11 is 5.46. The van der Waals surface area contributed by atoms with E-state index in [1.54, 1.807) is 0 Å². The summed E-state index contributed by atoms with van der Waals surface area (Å²) in [5, 5.41) is -0.454. The second-order valence-electron chi connectivity index (χ2n) is 2.57. The standard InChI is InChI=1S/C8H6ClF2NO3/c1-15-8(14)5-4(13)2-3(7(10)11)12-6(5)9/h2,7H,1H3,(H,12,13). The van der Waals surface area contributed by atoms with Crippen molar-refractivity contribution in [3.63, 3.8) is 0 Å². The number of nitrogens with one attached hydrogen (secondary N) is 1. The Morgan fingerprint density at radius 1 is 1.60 bits per heavy atom. The highest BCUT2D eigenvalue weighted by molar-refractivity contribution is 6.32. The van der Waals surface area contributed by atoms with Gasteiger partial charge in [0.25, 0.3) is 6.43 Å². The average molecular weight is 238 g/mol. The number of hydrogen-bond acceptors (Lipinski definition) is 3. The SMILES string of the molecule is COC(=O)c1c(Cl)[nH]c(C(F)F)cc1=O. The Morgan fingerprint density at radius 3 is 2.60 bits per heavy atom. The van der Waals surface area contributed by atoms with Gasteiger partial charge in [0.2, 0.25) is 0 Å². The highest BCUT2D eigenvalue weighted by Gasteiger charge is 2.19. The maximum Gasteiger partial charge on any atom is 0.344 e. The fourth-order valence-electron chi connectivity index (χ4n) is 0.957. The third kappa shape index (κ3) is 2.33. The van der Waals surface area contributed by atoms with Gasteiger partial charge in [-0.2, -0.15) is 0 Å². The van der Waals surface area contributed by atoms with Crippen LogP contribution in [0.1, 0.15) is 22.5 Å². The summed E-state index contributed by atoms with van der Waals surface area (Å²) in [7, 11) is 1.05. The molecule has 1 aromatic heterocycles. The minimum atomic E-state index is -2.86. The van der Waals surface area contributed by atoms with Crippen molar-refractivity contribution in [1.29, 1.82) is 0 Å². The van der Waals surface area contributed by atoms with Crippen molar-refractivity contribution in [2.75, 3.05) is 7.11 Å². The molecule has 1 aromatic rings. The van der Waals surface area contributed by atoms with E-state index < -0.39 is 34.2 Å². The maximum absolute atomic E-state index is 12.2. The second kappa shape index (κ2) is 4.39. The zero-order chi connectivity index (χ0) is 11.6. The van der Waals surface area contributed by atoms with Crippen molar-refractivity contribution in [3.05, 3.63) is 32.7 Å². The van der Waals surface area contributed by atoms with Gasteiger partial charge in [0.1, 0.15) is 10.7 Å². The largest absolute Gasteiger partial charge is 0.465 e. The van der Waals surface area contributed by atoms with E-state index in [4.69, 9.17) is 11.6 Å². The van der Waals surface area contributed by atoms with Crippen LogP contribution in [0, 0.1) is 0 Å². The molecule has 1 heterocycles. The van der Waals surface area contributed by atoms with Gasteiger partial charge < -0.3 is 9.72 Å². The normalized spacial score (nSPS) is 10.5. The first-order valence-corrected chi connectivity index (χ1v) is 4.14. The molecule has 0 spiro atoms. The number of alkyl halides is 2. The number of carbonyl (C=O) groups excluding carboxylic acids is 1. The van der Waals surface area contributed by atoms with Gasteiger partial charge in [0.15, 0.2) is 5.43 Å². The third-order valence-corrected chi connectivity index (χ3v) is 1.91. The topological polar surface area (TPSA) is 59.2 Å². The van der Waals surface area contributed by atoms with Gasteiger partial charge in [-0.05, 0) is 0 Å². The second-order valence-corrected chi connectivity index (χ2v) is 2.95. The van der Waals surface area contributed by atoms with E-state index >= 15 is 0 Å². The molecule has 4 nitrogen and oxygen atoms in total. The van der Waals surface area contributed by atoms with Gasteiger partial charge >= 0.3 is 5.97 Å². The fraction of sp³-hybridized carbons (Fsp3) is 0.250. The molecule has 1 rings (SSSR count). The lowest BCUT2D eigenvalue weighted by molar-refractivity contribution is 0.0598. The first-order chi connectivity index (χ1) is 6.97. The minimum absolute atomic E-state index is 0.454. The smallest absolute Gasteiger partial charge is 0.344 e. The molecule has 0 aliphatic rings. The lowest BCUT2D eigenvalue weighted by Crippen LogP contribution is -2.18. The zero-order valence-corrected chi connectivity index (χ0v) is 8.27. The van der Waals surface area contributed by atoms with Gasteiger partial charge in [-0.15, -0.1) is 0 Å². The number of H-pyrrole nitrogens is 1. The number of aromatic nitrogens is 1. The van der Waals surface area contributed by atoms with Gasteiger partial charge in [0, 0.05) is 6.07 Å². The van der Waals surface area contributed by atoms with Crippen LogP contribution in [-0.2, 0) is 4.74 Å². The molecule has 0 saturated heterocycles. The fourth-order valence-corrected chi connectivity index (χ4v) is 1.24. The summed E-state index contributed by atoms with van der Waals surface area (Å²) < 4.78 is 28.7. The predicted molar refractivity (Wildman–Crippen MR) is 48.4 cm³/mol. The molecule has 1 N–H and O–H groups in total. The van der Waals surface area contributed by atoms with Crippen molar-refractivity contribution >= 4 is 17.6 Å². The number of carbonyl (C=O) groups is 1. The quantitative estimate of drug-likeness (QED) is 0.630. The Labute approximate surface area is 87.8 Å². The number of ether oxygens (including phenoxy) is 1. The molecule has 0 aliphatic carbocycles. The Balaban J connectivity index is 3.34. The monoisotopic (exact) mass is 237 g/mol. The van der Waals surface area contributed by atoms with E-state index in [0.717, 1.165) is 7.11 Å². The van der Waals surface area contributed by atoms with Crippen molar-refractivity contribution in [2.24, 2.45) is 0 Å². The van der Waals surface area contributed by atoms with Crippen LogP contribution in [0.5, 0.6) is 0 Å². The van der Waals surface area contributed by atoms with E-state index in [1.165, 1.54) is 0 Å². The number of aromatic amines is 1. The summed E-state index contributed by atoms with van der Waals surface area (Å²) in [6.07, 6.45) is -2.86. The molecular weight excluding hydrogens is 232 g/mol. The summed E-state index contributed by atoms with van der Waals surface area (Å²) in [5.74, 6) is -0.970. The Kier molecular flexibility index (Phi) is 3.41. The Morgan fingerprint density at radius 2 is 2.20 bits per heavy atom. The van der Waals surface area contributed by atoms with E-state index in [0.29, 0.717) is 6.07 Å². The van der Waals surface area contributed by atoms with Crippen LogP contribution in [0.25, 0.3) is 0 Å². The summed E-state index contributed by atoms with van der Waals surface area (Å²) in [6, 6.07) is 0.614. The zero-order valence-electron chi connectivity index (χ0n) is 7.51. The number of halogens is 3. The lowest BCUT2D eigenvalue weighted by atomic mass is 10.2. The molecule has 0 bridgehead atoms.